The van der Waals surface area contributed by atoms with Crippen LogP contribution >= 0.6 is 0 Å². The SMILES string of the molecule is CCCCCCC(=O)N(C)c1ccc(C#N)cn1. The first-order valence-corrected chi connectivity index (χ1v) is 6.31. The van der Waals surface area contributed by atoms with Crippen LogP contribution in [0, 0.1) is 11.3 Å². The van der Waals surface area contributed by atoms with E-state index < -0.39 is 0 Å². The second kappa shape index (κ2) is 7.44. The fraction of sp³-hybridized carbons (Fsp3) is 0.500. The van der Waals surface area contributed by atoms with Gasteiger partial charge in [0.2, 0.25) is 5.91 Å². The van der Waals surface area contributed by atoms with Gasteiger partial charge in [-0.2, -0.15) is 5.26 Å². The minimum atomic E-state index is 0.0725. The van der Waals surface area contributed by atoms with Crippen molar-refractivity contribution in [2.24, 2.45) is 0 Å². The van der Waals surface area contributed by atoms with Gasteiger partial charge in [0.05, 0.1) is 5.56 Å². The van der Waals surface area contributed by atoms with Gasteiger partial charge in [-0.15, -0.1) is 0 Å². The van der Waals surface area contributed by atoms with Crippen molar-refractivity contribution < 1.29 is 4.79 Å². The number of nitriles is 1. The molecule has 0 aliphatic carbocycles. The van der Waals surface area contributed by atoms with Crippen LogP contribution in [0.15, 0.2) is 18.3 Å². The molecule has 18 heavy (non-hydrogen) atoms. The number of hydrogen-bond donors (Lipinski definition) is 0. The number of unbranched alkanes of at least 4 members (excludes halogenated alkanes) is 3. The third-order valence-corrected chi connectivity index (χ3v) is 2.84. The van der Waals surface area contributed by atoms with Crippen molar-refractivity contribution in [3.05, 3.63) is 23.9 Å². The van der Waals surface area contributed by atoms with Crippen LogP contribution in [0.2, 0.25) is 0 Å². The zero-order valence-corrected chi connectivity index (χ0v) is 11.0. The molecule has 0 spiro atoms. The molecule has 1 aromatic heterocycles. The number of carbonyl (C=O) groups is 1. The average Bonchev–Trinajstić information content (AvgIpc) is 2.42. The summed E-state index contributed by atoms with van der Waals surface area (Å²) in [5.41, 5.74) is 0.502. The summed E-state index contributed by atoms with van der Waals surface area (Å²) < 4.78 is 0. The summed E-state index contributed by atoms with van der Waals surface area (Å²) in [6, 6.07) is 5.37. The maximum Gasteiger partial charge on any atom is 0.227 e. The molecule has 1 heterocycles. The normalized spacial score (nSPS) is 9.83. The van der Waals surface area contributed by atoms with Gasteiger partial charge in [-0.1, -0.05) is 26.2 Å². The highest BCUT2D eigenvalue weighted by atomic mass is 16.2. The minimum Gasteiger partial charge on any atom is -0.300 e. The third-order valence-electron chi connectivity index (χ3n) is 2.84. The van der Waals surface area contributed by atoms with Gasteiger partial charge in [0, 0.05) is 19.7 Å². The summed E-state index contributed by atoms with van der Waals surface area (Å²) in [5, 5.41) is 8.67. The quantitative estimate of drug-likeness (QED) is 0.724. The van der Waals surface area contributed by atoms with Gasteiger partial charge in [0.25, 0.3) is 0 Å². The van der Waals surface area contributed by atoms with E-state index in [0.29, 0.717) is 17.8 Å². The fourth-order valence-corrected chi connectivity index (χ4v) is 1.65. The Morgan fingerprint density at radius 3 is 2.72 bits per heavy atom. The molecule has 0 aliphatic heterocycles. The van der Waals surface area contributed by atoms with Gasteiger partial charge in [-0.25, -0.2) is 4.98 Å². The summed E-state index contributed by atoms with van der Waals surface area (Å²) in [4.78, 5) is 17.5. The Balaban J connectivity index is 2.49. The monoisotopic (exact) mass is 245 g/mol. The van der Waals surface area contributed by atoms with Gasteiger partial charge in [0.1, 0.15) is 11.9 Å². The van der Waals surface area contributed by atoms with Crippen LogP contribution in [0.1, 0.15) is 44.6 Å². The highest BCUT2D eigenvalue weighted by Gasteiger charge is 2.11. The number of aromatic nitrogens is 1. The van der Waals surface area contributed by atoms with Crippen LogP contribution < -0.4 is 4.90 Å². The van der Waals surface area contributed by atoms with Crippen molar-refractivity contribution in [2.45, 2.75) is 39.0 Å². The molecule has 0 saturated heterocycles. The molecule has 0 N–H and O–H groups in total. The van der Waals surface area contributed by atoms with Crippen molar-refractivity contribution in [3.8, 4) is 6.07 Å². The highest BCUT2D eigenvalue weighted by molar-refractivity contribution is 5.91. The Hall–Kier alpha value is -1.89. The molecule has 0 fully saturated rings. The van der Waals surface area contributed by atoms with Crippen molar-refractivity contribution in [2.75, 3.05) is 11.9 Å². The van der Waals surface area contributed by atoms with Crippen molar-refractivity contribution in [1.82, 2.24) is 4.98 Å². The molecule has 1 rings (SSSR count). The van der Waals surface area contributed by atoms with Crippen LogP contribution in [0.5, 0.6) is 0 Å². The summed E-state index contributed by atoms with van der Waals surface area (Å²) in [6.45, 7) is 2.15. The standard InChI is InChI=1S/C14H19N3O/c1-3-4-5-6-7-14(18)17(2)13-9-8-12(10-15)11-16-13/h8-9,11H,3-7H2,1-2H3. The predicted octanol–water partition coefficient (Wildman–Crippen LogP) is 2.89. The fourth-order valence-electron chi connectivity index (χ4n) is 1.65. The Labute approximate surface area is 108 Å². The maximum absolute atomic E-state index is 11.9. The molecular weight excluding hydrogens is 226 g/mol. The number of nitrogens with zero attached hydrogens (tertiary/aromatic N) is 3. The largest absolute Gasteiger partial charge is 0.300 e. The third kappa shape index (κ3) is 4.17. The lowest BCUT2D eigenvalue weighted by Crippen LogP contribution is -2.26. The van der Waals surface area contributed by atoms with E-state index in [1.54, 1.807) is 24.1 Å². The Morgan fingerprint density at radius 2 is 2.17 bits per heavy atom. The van der Waals surface area contributed by atoms with E-state index in [1.165, 1.54) is 19.0 Å². The first-order chi connectivity index (χ1) is 8.69. The number of rotatable bonds is 6. The summed E-state index contributed by atoms with van der Waals surface area (Å²) in [5.74, 6) is 0.665. The average molecular weight is 245 g/mol. The summed E-state index contributed by atoms with van der Waals surface area (Å²) in [7, 11) is 1.72. The molecule has 0 saturated carbocycles. The molecular formula is C14H19N3O. The van der Waals surface area contributed by atoms with Gasteiger partial charge >= 0.3 is 0 Å². The number of anilines is 1. The second-order valence-corrected chi connectivity index (χ2v) is 4.28. The molecule has 0 aromatic carbocycles. The van der Waals surface area contributed by atoms with E-state index in [9.17, 15) is 4.79 Å². The van der Waals surface area contributed by atoms with E-state index in [0.717, 1.165) is 12.8 Å². The van der Waals surface area contributed by atoms with Crippen molar-refractivity contribution in [1.29, 1.82) is 5.26 Å². The zero-order valence-electron chi connectivity index (χ0n) is 11.0. The predicted molar refractivity (Wildman–Crippen MR) is 71.1 cm³/mol. The van der Waals surface area contributed by atoms with E-state index in [4.69, 9.17) is 5.26 Å². The molecule has 0 bridgehead atoms. The van der Waals surface area contributed by atoms with Crippen LogP contribution in [0.25, 0.3) is 0 Å². The maximum atomic E-state index is 11.9. The lowest BCUT2D eigenvalue weighted by atomic mass is 10.1. The molecule has 96 valence electrons. The van der Waals surface area contributed by atoms with Crippen molar-refractivity contribution >= 4 is 11.7 Å². The molecule has 0 radical (unpaired) electrons. The number of pyridine rings is 1. The second-order valence-electron chi connectivity index (χ2n) is 4.28. The topological polar surface area (TPSA) is 57.0 Å². The molecule has 4 heteroatoms. The molecule has 0 aliphatic rings. The Kier molecular flexibility index (Phi) is 5.86. The molecule has 0 atom stereocenters. The zero-order chi connectivity index (χ0) is 13.4. The van der Waals surface area contributed by atoms with E-state index in [2.05, 4.69) is 11.9 Å². The highest BCUT2D eigenvalue weighted by Crippen LogP contribution is 2.12. The van der Waals surface area contributed by atoms with Gasteiger partial charge in [0.15, 0.2) is 0 Å². The van der Waals surface area contributed by atoms with E-state index >= 15 is 0 Å². The lowest BCUT2D eigenvalue weighted by Gasteiger charge is -2.15. The summed E-state index contributed by atoms with van der Waals surface area (Å²) >= 11 is 0. The first kappa shape index (κ1) is 14.2. The number of carbonyl (C=O) groups excluding carboxylic acids is 1. The molecule has 4 nitrogen and oxygen atoms in total. The Morgan fingerprint density at radius 1 is 1.39 bits per heavy atom. The Bertz CT molecular complexity index is 420. The first-order valence-electron chi connectivity index (χ1n) is 6.31. The van der Waals surface area contributed by atoms with E-state index in [1.807, 2.05) is 6.07 Å². The number of amides is 1. The van der Waals surface area contributed by atoms with Gasteiger partial charge in [-0.3, -0.25) is 9.69 Å². The van der Waals surface area contributed by atoms with Gasteiger partial charge < -0.3 is 0 Å². The van der Waals surface area contributed by atoms with Crippen LogP contribution in [0.3, 0.4) is 0 Å². The van der Waals surface area contributed by atoms with Crippen LogP contribution in [-0.4, -0.2) is 17.9 Å². The smallest absolute Gasteiger partial charge is 0.227 e. The number of hydrogen-bond acceptors (Lipinski definition) is 3. The van der Waals surface area contributed by atoms with Crippen molar-refractivity contribution in [3.63, 3.8) is 0 Å². The van der Waals surface area contributed by atoms with Crippen LogP contribution in [-0.2, 0) is 4.79 Å². The van der Waals surface area contributed by atoms with E-state index in [-0.39, 0.29) is 5.91 Å². The molecule has 1 amide bonds. The summed E-state index contributed by atoms with van der Waals surface area (Å²) in [6.07, 6.45) is 6.39. The van der Waals surface area contributed by atoms with Gasteiger partial charge in [-0.05, 0) is 18.6 Å². The lowest BCUT2D eigenvalue weighted by molar-refractivity contribution is -0.118. The molecule has 0 unspecified atom stereocenters. The minimum absolute atomic E-state index is 0.0725. The molecule has 1 aromatic rings. The van der Waals surface area contributed by atoms with Crippen LogP contribution in [0.4, 0.5) is 5.82 Å².